The first-order chi connectivity index (χ1) is 13.8. The summed E-state index contributed by atoms with van der Waals surface area (Å²) in [4.78, 5) is 12.5. The molecule has 1 aliphatic rings. The molecule has 0 saturated carbocycles. The number of carbonyl (C=O) groups excluding carboxylic acids is 1. The van der Waals surface area contributed by atoms with Crippen LogP contribution >= 0.6 is 0 Å². The maximum absolute atomic E-state index is 13.0. The zero-order valence-corrected chi connectivity index (χ0v) is 16.1. The fourth-order valence-electron chi connectivity index (χ4n) is 2.81. The molecule has 0 aliphatic carbocycles. The summed E-state index contributed by atoms with van der Waals surface area (Å²) in [6, 6.07) is 16.1. The average molecular weight is 410 g/mol. The van der Waals surface area contributed by atoms with Crippen LogP contribution in [0.2, 0.25) is 0 Å². The van der Waals surface area contributed by atoms with Gasteiger partial charge < -0.3 is 8.92 Å². The molecule has 1 heterocycles. The molecular formula is C22H15FO5S. The maximum Gasteiger partial charge on any atom is 0.339 e. The van der Waals surface area contributed by atoms with Gasteiger partial charge in [-0.25, -0.2) is 4.39 Å². The zero-order valence-electron chi connectivity index (χ0n) is 15.3. The second-order valence-electron chi connectivity index (χ2n) is 6.50. The van der Waals surface area contributed by atoms with E-state index in [-0.39, 0.29) is 33.8 Å². The van der Waals surface area contributed by atoms with Gasteiger partial charge in [0.2, 0.25) is 5.78 Å². The molecule has 0 spiro atoms. The molecule has 0 aromatic heterocycles. The lowest BCUT2D eigenvalue weighted by Crippen LogP contribution is -2.09. The number of allylic oxidation sites excluding steroid dienone is 1. The molecule has 0 amide bonds. The predicted molar refractivity (Wildman–Crippen MR) is 105 cm³/mol. The molecule has 29 heavy (non-hydrogen) atoms. The molecular weight excluding hydrogens is 395 g/mol. The highest BCUT2D eigenvalue weighted by molar-refractivity contribution is 7.87. The molecule has 3 aromatic carbocycles. The Labute approximate surface area is 167 Å². The van der Waals surface area contributed by atoms with E-state index in [9.17, 15) is 17.6 Å². The third-order valence-corrected chi connectivity index (χ3v) is 5.59. The van der Waals surface area contributed by atoms with E-state index in [4.69, 9.17) is 8.92 Å². The maximum atomic E-state index is 13.0. The number of ether oxygens (including phenoxy) is 1. The number of Topliss-reactive ketones (excluding diaryl/α,β-unsaturated/α-hetero) is 1. The second-order valence-corrected chi connectivity index (χ2v) is 8.05. The monoisotopic (exact) mass is 410 g/mol. The number of aryl methyl sites for hydroxylation is 1. The van der Waals surface area contributed by atoms with Gasteiger partial charge in [0.1, 0.15) is 22.2 Å². The summed E-state index contributed by atoms with van der Waals surface area (Å²) in [5, 5.41) is 0. The number of halogens is 1. The third-order valence-electron chi connectivity index (χ3n) is 4.32. The fourth-order valence-corrected chi connectivity index (χ4v) is 3.73. The Bertz CT molecular complexity index is 1230. The fraction of sp³-hybridized carbons (Fsp3) is 0.0455. The Balaban J connectivity index is 1.59. The van der Waals surface area contributed by atoms with Crippen molar-refractivity contribution in [3.05, 3.63) is 95.0 Å². The quantitative estimate of drug-likeness (QED) is 0.467. The first kappa shape index (κ1) is 18.9. The van der Waals surface area contributed by atoms with Gasteiger partial charge in [-0.05, 0) is 55.0 Å². The van der Waals surface area contributed by atoms with Gasteiger partial charge in [-0.1, -0.05) is 29.8 Å². The molecule has 0 N–H and O–H groups in total. The van der Waals surface area contributed by atoms with Crippen molar-refractivity contribution in [2.45, 2.75) is 11.8 Å². The molecule has 0 atom stereocenters. The number of fused-ring (bicyclic) bond motifs is 1. The SMILES string of the molecule is Cc1ccc(S(=O)(=O)Oc2ccc3c(c2)O/C(=C\c2ccc(F)cc2)C3=O)cc1. The highest BCUT2D eigenvalue weighted by Gasteiger charge is 2.28. The number of hydrogen-bond acceptors (Lipinski definition) is 5. The minimum atomic E-state index is -4.02. The lowest BCUT2D eigenvalue weighted by molar-refractivity contribution is 0.101. The zero-order chi connectivity index (χ0) is 20.6. The van der Waals surface area contributed by atoms with E-state index in [0.717, 1.165) is 5.56 Å². The molecule has 4 rings (SSSR count). The Kier molecular flexibility index (Phi) is 4.68. The summed E-state index contributed by atoms with van der Waals surface area (Å²) >= 11 is 0. The van der Waals surface area contributed by atoms with Gasteiger partial charge in [0, 0.05) is 6.07 Å². The van der Waals surface area contributed by atoms with Crippen LogP contribution in [0.4, 0.5) is 4.39 Å². The molecule has 0 saturated heterocycles. The minimum absolute atomic E-state index is 0.0255. The average Bonchev–Trinajstić information content (AvgIpc) is 2.98. The Hall–Kier alpha value is -3.45. The standard InChI is InChI=1S/C22H15FO5S/c1-14-2-9-18(10-3-14)29(25,26)28-17-8-11-19-20(13-17)27-21(22(19)24)12-15-4-6-16(23)7-5-15/h2-13H,1H3/b21-12-. The van der Waals surface area contributed by atoms with Crippen LogP contribution in [-0.4, -0.2) is 14.2 Å². The van der Waals surface area contributed by atoms with Crippen LogP contribution in [0.25, 0.3) is 6.08 Å². The summed E-state index contributed by atoms with van der Waals surface area (Å²) in [6.07, 6.45) is 1.49. The van der Waals surface area contributed by atoms with E-state index in [2.05, 4.69) is 0 Å². The molecule has 3 aromatic rings. The van der Waals surface area contributed by atoms with Crippen LogP contribution in [0.1, 0.15) is 21.5 Å². The lowest BCUT2D eigenvalue weighted by Gasteiger charge is -2.08. The van der Waals surface area contributed by atoms with E-state index >= 15 is 0 Å². The molecule has 5 nitrogen and oxygen atoms in total. The van der Waals surface area contributed by atoms with Crippen LogP contribution in [0.15, 0.2) is 77.4 Å². The Morgan fingerprint density at radius 1 is 0.966 bits per heavy atom. The normalized spacial score (nSPS) is 14.6. The van der Waals surface area contributed by atoms with Crippen molar-refractivity contribution in [1.82, 2.24) is 0 Å². The van der Waals surface area contributed by atoms with Crippen molar-refractivity contribution in [1.29, 1.82) is 0 Å². The van der Waals surface area contributed by atoms with E-state index in [1.807, 2.05) is 6.92 Å². The highest BCUT2D eigenvalue weighted by atomic mass is 32.2. The summed E-state index contributed by atoms with van der Waals surface area (Å²) in [5.41, 5.74) is 1.81. The van der Waals surface area contributed by atoms with E-state index in [0.29, 0.717) is 11.1 Å². The topological polar surface area (TPSA) is 69.7 Å². The van der Waals surface area contributed by atoms with Gasteiger partial charge in [-0.15, -0.1) is 0 Å². The second kappa shape index (κ2) is 7.18. The van der Waals surface area contributed by atoms with Crippen LogP contribution < -0.4 is 8.92 Å². The van der Waals surface area contributed by atoms with Crippen molar-refractivity contribution < 1.29 is 26.5 Å². The van der Waals surface area contributed by atoms with Crippen LogP contribution in [-0.2, 0) is 10.1 Å². The molecule has 0 fully saturated rings. The summed E-state index contributed by atoms with van der Waals surface area (Å²) in [6.45, 7) is 1.85. The first-order valence-electron chi connectivity index (χ1n) is 8.67. The number of benzene rings is 3. The molecule has 146 valence electrons. The first-order valence-corrected chi connectivity index (χ1v) is 10.1. The van der Waals surface area contributed by atoms with Crippen LogP contribution in [0.5, 0.6) is 11.5 Å². The van der Waals surface area contributed by atoms with Gasteiger partial charge in [-0.3, -0.25) is 4.79 Å². The number of rotatable bonds is 4. The summed E-state index contributed by atoms with van der Waals surface area (Å²) < 4.78 is 48.7. The Morgan fingerprint density at radius 2 is 1.66 bits per heavy atom. The predicted octanol–water partition coefficient (Wildman–Crippen LogP) is 4.52. The molecule has 0 bridgehead atoms. The highest BCUT2D eigenvalue weighted by Crippen LogP contribution is 2.35. The molecule has 1 aliphatic heterocycles. The van der Waals surface area contributed by atoms with E-state index in [1.54, 1.807) is 12.1 Å². The van der Waals surface area contributed by atoms with Crippen molar-refractivity contribution >= 4 is 22.0 Å². The molecule has 0 unspecified atom stereocenters. The number of carbonyl (C=O) groups is 1. The van der Waals surface area contributed by atoms with Crippen molar-refractivity contribution in [3.8, 4) is 11.5 Å². The van der Waals surface area contributed by atoms with E-state index < -0.39 is 10.1 Å². The van der Waals surface area contributed by atoms with Gasteiger partial charge in [0.05, 0.1) is 5.56 Å². The van der Waals surface area contributed by atoms with Crippen molar-refractivity contribution in [2.24, 2.45) is 0 Å². The van der Waals surface area contributed by atoms with E-state index in [1.165, 1.54) is 60.7 Å². The molecule has 0 radical (unpaired) electrons. The van der Waals surface area contributed by atoms with Crippen molar-refractivity contribution in [2.75, 3.05) is 0 Å². The Morgan fingerprint density at radius 3 is 2.34 bits per heavy atom. The lowest BCUT2D eigenvalue weighted by atomic mass is 10.1. The summed E-state index contributed by atoms with van der Waals surface area (Å²) in [5.74, 6) is -0.451. The van der Waals surface area contributed by atoms with Crippen LogP contribution in [0.3, 0.4) is 0 Å². The van der Waals surface area contributed by atoms with Gasteiger partial charge in [-0.2, -0.15) is 8.42 Å². The van der Waals surface area contributed by atoms with Gasteiger partial charge >= 0.3 is 10.1 Å². The number of hydrogen-bond donors (Lipinski definition) is 0. The minimum Gasteiger partial charge on any atom is -0.452 e. The van der Waals surface area contributed by atoms with Crippen molar-refractivity contribution in [3.63, 3.8) is 0 Å². The smallest absolute Gasteiger partial charge is 0.339 e. The largest absolute Gasteiger partial charge is 0.452 e. The van der Waals surface area contributed by atoms with Crippen LogP contribution in [0, 0.1) is 12.7 Å². The third kappa shape index (κ3) is 3.90. The number of ketones is 1. The molecule has 7 heteroatoms. The van der Waals surface area contributed by atoms with Gasteiger partial charge in [0.25, 0.3) is 0 Å². The summed E-state index contributed by atoms with van der Waals surface area (Å²) in [7, 11) is -4.02. The van der Waals surface area contributed by atoms with Gasteiger partial charge in [0.15, 0.2) is 5.76 Å².